The van der Waals surface area contributed by atoms with Gasteiger partial charge < -0.3 is 19.1 Å². The number of carbonyl (C=O) groups is 2. The highest BCUT2D eigenvalue weighted by atomic mass is 32.2. The fourth-order valence-electron chi connectivity index (χ4n) is 4.00. The lowest BCUT2D eigenvalue weighted by molar-refractivity contribution is -0.145. The predicted molar refractivity (Wildman–Crippen MR) is 109 cm³/mol. The highest BCUT2D eigenvalue weighted by Crippen LogP contribution is 2.51. The second-order valence-corrected chi connectivity index (χ2v) is 8.65. The third-order valence-electron chi connectivity index (χ3n) is 5.40. The zero-order valence-corrected chi connectivity index (χ0v) is 17.2. The quantitative estimate of drug-likeness (QED) is 0.676. The number of benzene rings is 2. The molecule has 0 aliphatic carbocycles. The van der Waals surface area contributed by atoms with Crippen LogP contribution in [0.1, 0.15) is 24.6 Å². The number of methoxy groups -OCH3 is 2. The van der Waals surface area contributed by atoms with Crippen molar-refractivity contribution in [3.8, 4) is 5.75 Å². The first-order chi connectivity index (χ1) is 14.1. The van der Waals surface area contributed by atoms with E-state index in [0.29, 0.717) is 13.0 Å². The van der Waals surface area contributed by atoms with Crippen LogP contribution in [0.5, 0.6) is 5.75 Å². The van der Waals surface area contributed by atoms with Gasteiger partial charge in [0.25, 0.3) is 0 Å². The van der Waals surface area contributed by atoms with E-state index in [0.717, 1.165) is 16.2 Å². The van der Waals surface area contributed by atoms with Gasteiger partial charge in [-0.3, -0.25) is 9.59 Å². The number of fused-ring (bicyclic) bond motifs is 1. The highest BCUT2D eigenvalue weighted by molar-refractivity contribution is 8.01. The molecule has 2 aliphatic rings. The third kappa shape index (κ3) is 3.72. The van der Waals surface area contributed by atoms with Crippen molar-refractivity contribution in [3.63, 3.8) is 0 Å². The SMILES string of the molecule is COC(=O)C[C@@]1(Sc2ccccc2)C[C@H]2CO[C@H](c3ccc(OC)cc3)N2C1=O. The van der Waals surface area contributed by atoms with Crippen LogP contribution in [0.2, 0.25) is 0 Å². The van der Waals surface area contributed by atoms with Gasteiger partial charge >= 0.3 is 5.97 Å². The second-order valence-electron chi connectivity index (χ2n) is 7.19. The lowest BCUT2D eigenvalue weighted by Crippen LogP contribution is -2.40. The highest BCUT2D eigenvalue weighted by Gasteiger charge is 2.58. The first-order valence-electron chi connectivity index (χ1n) is 9.45. The average Bonchev–Trinajstić information content (AvgIpc) is 3.27. The summed E-state index contributed by atoms with van der Waals surface area (Å²) >= 11 is 1.44. The Balaban J connectivity index is 1.64. The van der Waals surface area contributed by atoms with Crippen molar-refractivity contribution >= 4 is 23.6 Å². The molecule has 4 rings (SSSR count). The summed E-state index contributed by atoms with van der Waals surface area (Å²) in [4.78, 5) is 28.6. The normalized spacial score (nSPS) is 25.7. The number of esters is 1. The van der Waals surface area contributed by atoms with Gasteiger partial charge in [-0.25, -0.2) is 0 Å². The van der Waals surface area contributed by atoms with Gasteiger partial charge in [-0.05, 0) is 30.7 Å². The van der Waals surface area contributed by atoms with Crippen molar-refractivity contribution < 1.29 is 23.8 Å². The van der Waals surface area contributed by atoms with E-state index in [9.17, 15) is 9.59 Å². The number of ether oxygens (including phenoxy) is 3. The predicted octanol–water partition coefficient (Wildman–Crippen LogP) is 3.42. The van der Waals surface area contributed by atoms with E-state index >= 15 is 0 Å². The molecular weight excluding hydrogens is 390 g/mol. The topological polar surface area (TPSA) is 65.1 Å². The maximum Gasteiger partial charge on any atom is 0.307 e. The molecule has 0 radical (unpaired) electrons. The molecular formula is C22H23NO5S. The smallest absolute Gasteiger partial charge is 0.307 e. The molecule has 1 amide bonds. The summed E-state index contributed by atoms with van der Waals surface area (Å²) in [5.41, 5.74) is 0.889. The zero-order chi connectivity index (χ0) is 20.4. The maximum absolute atomic E-state index is 13.7. The number of thioether (sulfide) groups is 1. The van der Waals surface area contributed by atoms with Crippen LogP contribution in [0.4, 0.5) is 0 Å². The van der Waals surface area contributed by atoms with E-state index in [4.69, 9.17) is 14.2 Å². The standard InChI is InChI=1S/C22H23NO5S/c1-26-17-10-8-15(9-11-17)20-23-16(14-28-20)12-22(21(23)25,13-19(24)27-2)29-18-6-4-3-5-7-18/h3-11,16,20H,12-14H2,1-2H3/t16-,20+,22-/m0/s1. The zero-order valence-electron chi connectivity index (χ0n) is 16.4. The number of hydrogen-bond donors (Lipinski definition) is 0. The monoisotopic (exact) mass is 413 g/mol. The van der Waals surface area contributed by atoms with Gasteiger partial charge in [-0.15, -0.1) is 11.8 Å². The Morgan fingerprint density at radius 1 is 1.17 bits per heavy atom. The molecule has 3 atom stereocenters. The largest absolute Gasteiger partial charge is 0.497 e. The average molecular weight is 413 g/mol. The van der Waals surface area contributed by atoms with Gasteiger partial charge in [-0.1, -0.05) is 30.3 Å². The van der Waals surface area contributed by atoms with E-state index in [2.05, 4.69) is 0 Å². The molecule has 0 spiro atoms. The van der Waals surface area contributed by atoms with Gasteiger partial charge in [0.2, 0.25) is 5.91 Å². The Hall–Kier alpha value is -2.51. The van der Waals surface area contributed by atoms with Crippen LogP contribution in [0.3, 0.4) is 0 Å². The minimum Gasteiger partial charge on any atom is -0.497 e. The van der Waals surface area contributed by atoms with E-state index in [1.54, 1.807) is 12.0 Å². The van der Waals surface area contributed by atoms with Crippen LogP contribution in [0.15, 0.2) is 59.5 Å². The van der Waals surface area contributed by atoms with E-state index < -0.39 is 11.0 Å². The fourth-order valence-corrected chi connectivity index (χ4v) is 5.40. The minimum absolute atomic E-state index is 0.0320. The molecule has 0 saturated carbocycles. The van der Waals surface area contributed by atoms with Gasteiger partial charge in [0.1, 0.15) is 10.5 Å². The summed E-state index contributed by atoms with van der Waals surface area (Å²) in [6.45, 7) is 0.445. The van der Waals surface area contributed by atoms with Gasteiger partial charge in [0.15, 0.2) is 6.23 Å². The summed E-state index contributed by atoms with van der Waals surface area (Å²) < 4.78 is 15.2. The Morgan fingerprint density at radius 3 is 2.55 bits per heavy atom. The second kappa shape index (κ2) is 8.08. The Kier molecular flexibility index (Phi) is 5.52. The molecule has 2 aliphatic heterocycles. The van der Waals surface area contributed by atoms with Crippen LogP contribution in [-0.4, -0.2) is 48.4 Å². The van der Waals surface area contributed by atoms with Crippen LogP contribution in [0.25, 0.3) is 0 Å². The minimum atomic E-state index is -0.895. The van der Waals surface area contributed by atoms with Crippen molar-refractivity contribution in [2.24, 2.45) is 0 Å². The maximum atomic E-state index is 13.7. The van der Waals surface area contributed by atoms with Crippen molar-refractivity contribution in [2.45, 2.75) is 34.8 Å². The van der Waals surface area contributed by atoms with E-state index in [1.807, 2.05) is 54.6 Å². The lowest BCUT2D eigenvalue weighted by Gasteiger charge is -2.29. The molecule has 0 bridgehead atoms. The third-order valence-corrected chi connectivity index (χ3v) is 6.78. The number of rotatable bonds is 6. The molecule has 2 fully saturated rings. The molecule has 0 aromatic heterocycles. The Bertz CT molecular complexity index is 888. The first-order valence-corrected chi connectivity index (χ1v) is 10.3. The molecule has 2 saturated heterocycles. The molecule has 2 heterocycles. The van der Waals surface area contributed by atoms with Crippen LogP contribution in [0, 0.1) is 0 Å². The number of carbonyl (C=O) groups excluding carboxylic acids is 2. The molecule has 2 aromatic rings. The van der Waals surface area contributed by atoms with E-state index in [1.165, 1.54) is 18.9 Å². The molecule has 6 nitrogen and oxygen atoms in total. The summed E-state index contributed by atoms with van der Waals surface area (Å²) in [5, 5.41) is 0. The van der Waals surface area contributed by atoms with Crippen molar-refractivity contribution in [3.05, 3.63) is 60.2 Å². The Labute approximate surface area is 174 Å². The molecule has 0 N–H and O–H groups in total. The first kappa shape index (κ1) is 19.8. The Morgan fingerprint density at radius 2 is 1.90 bits per heavy atom. The molecule has 7 heteroatoms. The van der Waals surface area contributed by atoms with Crippen LogP contribution < -0.4 is 4.74 Å². The van der Waals surface area contributed by atoms with Gasteiger partial charge in [0, 0.05) is 10.5 Å². The van der Waals surface area contributed by atoms with E-state index in [-0.39, 0.29) is 24.3 Å². The molecule has 152 valence electrons. The number of nitrogens with zero attached hydrogens (tertiary/aromatic N) is 1. The molecule has 29 heavy (non-hydrogen) atoms. The molecule has 2 aromatic carbocycles. The summed E-state index contributed by atoms with van der Waals surface area (Å²) in [5.74, 6) is 0.278. The molecule has 0 unspecified atom stereocenters. The summed E-state index contributed by atoms with van der Waals surface area (Å²) in [7, 11) is 2.97. The van der Waals surface area contributed by atoms with Crippen molar-refractivity contribution in [2.75, 3.05) is 20.8 Å². The fraction of sp³-hybridized carbons (Fsp3) is 0.364. The van der Waals surface area contributed by atoms with Crippen LogP contribution >= 0.6 is 11.8 Å². The van der Waals surface area contributed by atoms with Gasteiger partial charge in [-0.2, -0.15) is 0 Å². The van der Waals surface area contributed by atoms with Crippen molar-refractivity contribution in [1.29, 1.82) is 0 Å². The van der Waals surface area contributed by atoms with Crippen molar-refractivity contribution in [1.82, 2.24) is 4.90 Å². The summed E-state index contributed by atoms with van der Waals surface area (Å²) in [6.07, 6.45) is 0.103. The number of hydrogen-bond acceptors (Lipinski definition) is 6. The van der Waals surface area contributed by atoms with Crippen LogP contribution in [-0.2, 0) is 19.1 Å². The lowest BCUT2D eigenvalue weighted by atomic mass is 10.00. The summed E-state index contributed by atoms with van der Waals surface area (Å²) in [6, 6.07) is 17.1. The van der Waals surface area contributed by atoms with Gasteiger partial charge in [0.05, 0.1) is 33.3 Å². The number of amides is 1.